The quantitative estimate of drug-likeness (QED) is 0.737. The Morgan fingerprint density at radius 1 is 1.45 bits per heavy atom. The predicted molar refractivity (Wildman–Crippen MR) is 59.0 cm³/mol. The van der Waals surface area contributed by atoms with Gasteiger partial charge in [0.2, 0.25) is 0 Å². The third-order valence-corrected chi connectivity index (χ3v) is 3.78. The van der Waals surface area contributed by atoms with Gasteiger partial charge < -0.3 is 4.90 Å². The number of rotatable bonds is 1. The van der Waals surface area contributed by atoms with Crippen molar-refractivity contribution in [2.75, 3.05) is 19.0 Å². The number of hydrogen-bond donors (Lipinski definition) is 0. The summed E-state index contributed by atoms with van der Waals surface area (Å²) in [5, 5.41) is 0. The molecule has 0 aliphatic rings. The Hall–Kier alpha value is 0.160. The summed E-state index contributed by atoms with van der Waals surface area (Å²) in [6.07, 6.45) is 3.65. The lowest BCUT2D eigenvalue weighted by atomic mass is 10.4. The number of hydrogen-bond acceptors (Lipinski definition) is 2. The Bertz CT molecular complexity index is 263. The Morgan fingerprint density at radius 3 is 2.55 bits per heavy atom. The summed E-state index contributed by atoms with van der Waals surface area (Å²) in [6, 6.07) is 0. The van der Waals surface area contributed by atoms with Crippen LogP contribution in [0.4, 0.5) is 5.69 Å². The molecule has 0 aliphatic heterocycles. The lowest BCUT2D eigenvalue weighted by Crippen LogP contribution is -2.10. The monoisotopic (exact) mass is 326 g/mol. The molecule has 0 spiro atoms. The van der Waals surface area contributed by atoms with Crippen molar-refractivity contribution in [3.63, 3.8) is 0 Å². The van der Waals surface area contributed by atoms with Gasteiger partial charge in [0.1, 0.15) is 0 Å². The highest BCUT2D eigenvalue weighted by atomic mass is 127. The van der Waals surface area contributed by atoms with Crippen LogP contribution in [0.3, 0.4) is 0 Å². The zero-order chi connectivity index (χ0) is 8.43. The molecule has 60 valence electrons. The number of nitrogens with zero attached hydrogens (tertiary/aromatic N) is 2. The number of halogens is 2. The SMILES string of the molecule is CN(C)c1cncc(Br)c1I. The van der Waals surface area contributed by atoms with E-state index in [9.17, 15) is 0 Å². The van der Waals surface area contributed by atoms with Gasteiger partial charge in [0.05, 0.1) is 19.9 Å². The smallest absolute Gasteiger partial charge is 0.0694 e. The van der Waals surface area contributed by atoms with Crippen molar-refractivity contribution >= 4 is 44.2 Å². The molecule has 11 heavy (non-hydrogen) atoms. The molecule has 0 bridgehead atoms. The molecule has 2 nitrogen and oxygen atoms in total. The van der Waals surface area contributed by atoms with E-state index in [1.54, 1.807) is 6.20 Å². The molecule has 0 aliphatic carbocycles. The molecule has 4 heteroatoms. The van der Waals surface area contributed by atoms with Crippen LogP contribution < -0.4 is 4.90 Å². The predicted octanol–water partition coefficient (Wildman–Crippen LogP) is 2.51. The summed E-state index contributed by atoms with van der Waals surface area (Å²) in [5.74, 6) is 0. The number of pyridine rings is 1. The fourth-order valence-electron chi connectivity index (χ4n) is 0.721. The first-order valence-corrected chi connectivity index (χ1v) is 4.96. The van der Waals surface area contributed by atoms with E-state index in [0.717, 1.165) is 10.2 Å². The molecule has 1 aromatic heterocycles. The fourth-order valence-corrected chi connectivity index (χ4v) is 1.80. The van der Waals surface area contributed by atoms with Crippen LogP contribution in [0.25, 0.3) is 0 Å². The normalized spacial score (nSPS) is 9.82. The molecule has 0 saturated carbocycles. The lowest BCUT2D eigenvalue weighted by molar-refractivity contribution is 1.10. The molecule has 0 radical (unpaired) electrons. The molecule has 0 unspecified atom stereocenters. The first-order chi connectivity index (χ1) is 5.13. The summed E-state index contributed by atoms with van der Waals surface area (Å²) in [5.41, 5.74) is 1.14. The van der Waals surface area contributed by atoms with Crippen molar-refractivity contribution in [2.45, 2.75) is 0 Å². The van der Waals surface area contributed by atoms with Crippen LogP contribution >= 0.6 is 38.5 Å². The minimum Gasteiger partial charge on any atom is -0.376 e. The summed E-state index contributed by atoms with van der Waals surface area (Å²) in [4.78, 5) is 6.11. The fraction of sp³-hybridized carbons (Fsp3) is 0.286. The number of aromatic nitrogens is 1. The molecule has 0 aromatic carbocycles. The Kier molecular flexibility index (Phi) is 3.12. The van der Waals surface area contributed by atoms with Gasteiger partial charge in [0, 0.05) is 20.3 Å². The molecule has 0 atom stereocenters. The second-order valence-corrected chi connectivity index (χ2v) is 4.28. The summed E-state index contributed by atoms with van der Waals surface area (Å²) < 4.78 is 2.24. The van der Waals surface area contributed by atoms with E-state index in [0.29, 0.717) is 0 Å². The van der Waals surface area contributed by atoms with Crippen LogP contribution in [0, 0.1) is 3.57 Å². The molecule has 1 aromatic rings. The van der Waals surface area contributed by atoms with Crippen molar-refractivity contribution in [2.24, 2.45) is 0 Å². The minimum absolute atomic E-state index is 1.05. The third-order valence-electron chi connectivity index (χ3n) is 1.30. The maximum atomic E-state index is 4.07. The maximum absolute atomic E-state index is 4.07. The van der Waals surface area contributed by atoms with E-state index in [2.05, 4.69) is 43.5 Å². The third kappa shape index (κ3) is 2.05. The van der Waals surface area contributed by atoms with E-state index >= 15 is 0 Å². The first-order valence-electron chi connectivity index (χ1n) is 3.09. The van der Waals surface area contributed by atoms with Crippen molar-refractivity contribution in [3.8, 4) is 0 Å². The van der Waals surface area contributed by atoms with Gasteiger partial charge in [0.25, 0.3) is 0 Å². The minimum atomic E-state index is 1.05. The molecule has 1 heterocycles. The van der Waals surface area contributed by atoms with Crippen LogP contribution in [0.2, 0.25) is 0 Å². The van der Waals surface area contributed by atoms with E-state index in [-0.39, 0.29) is 0 Å². The van der Waals surface area contributed by atoms with Crippen molar-refractivity contribution in [3.05, 3.63) is 20.4 Å². The van der Waals surface area contributed by atoms with Gasteiger partial charge in [-0.25, -0.2) is 0 Å². The molecule has 0 amide bonds. The molecular formula is C7H8BrIN2. The largest absolute Gasteiger partial charge is 0.376 e. The summed E-state index contributed by atoms with van der Waals surface area (Å²) in [7, 11) is 4.01. The second kappa shape index (κ2) is 3.71. The molecule has 0 fully saturated rings. The highest BCUT2D eigenvalue weighted by Crippen LogP contribution is 2.26. The van der Waals surface area contributed by atoms with E-state index in [4.69, 9.17) is 0 Å². The molecule has 0 saturated heterocycles. The van der Waals surface area contributed by atoms with Crippen LogP contribution in [0.5, 0.6) is 0 Å². The second-order valence-electron chi connectivity index (χ2n) is 2.35. The van der Waals surface area contributed by atoms with Crippen molar-refractivity contribution in [1.82, 2.24) is 4.98 Å². The number of anilines is 1. The van der Waals surface area contributed by atoms with Gasteiger partial charge in [-0.2, -0.15) is 0 Å². The van der Waals surface area contributed by atoms with Crippen molar-refractivity contribution in [1.29, 1.82) is 0 Å². The van der Waals surface area contributed by atoms with Gasteiger partial charge in [-0.1, -0.05) is 0 Å². The van der Waals surface area contributed by atoms with Crippen molar-refractivity contribution < 1.29 is 0 Å². The molecular weight excluding hydrogens is 319 g/mol. The Labute approximate surface area is 88.3 Å². The summed E-state index contributed by atoms with van der Waals surface area (Å²) >= 11 is 5.71. The van der Waals surface area contributed by atoms with Gasteiger partial charge in [-0.05, 0) is 38.5 Å². The zero-order valence-electron chi connectivity index (χ0n) is 6.31. The average Bonchev–Trinajstić information content (AvgIpc) is 1.94. The maximum Gasteiger partial charge on any atom is 0.0694 e. The molecule has 0 N–H and O–H groups in total. The first kappa shape index (κ1) is 9.25. The van der Waals surface area contributed by atoms with Crippen LogP contribution in [0.15, 0.2) is 16.9 Å². The van der Waals surface area contributed by atoms with Gasteiger partial charge in [0.15, 0.2) is 0 Å². The molecule has 1 rings (SSSR count). The highest BCUT2D eigenvalue weighted by Gasteiger charge is 2.04. The van der Waals surface area contributed by atoms with Gasteiger partial charge in [-0.15, -0.1) is 0 Å². The van der Waals surface area contributed by atoms with E-state index < -0.39 is 0 Å². The lowest BCUT2D eigenvalue weighted by Gasteiger charge is -2.13. The van der Waals surface area contributed by atoms with E-state index in [1.165, 1.54) is 3.57 Å². The van der Waals surface area contributed by atoms with Gasteiger partial charge in [-0.3, -0.25) is 4.98 Å². The topological polar surface area (TPSA) is 16.1 Å². The zero-order valence-corrected chi connectivity index (χ0v) is 10.0. The van der Waals surface area contributed by atoms with Crippen LogP contribution in [0.1, 0.15) is 0 Å². The van der Waals surface area contributed by atoms with E-state index in [1.807, 2.05) is 25.2 Å². The Balaban J connectivity index is 3.17. The van der Waals surface area contributed by atoms with Crippen LogP contribution in [-0.4, -0.2) is 19.1 Å². The van der Waals surface area contributed by atoms with Crippen LogP contribution in [-0.2, 0) is 0 Å². The summed E-state index contributed by atoms with van der Waals surface area (Å²) in [6.45, 7) is 0. The van der Waals surface area contributed by atoms with Gasteiger partial charge >= 0.3 is 0 Å². The highest BCUT2D eigenvalue weighted by molar-refractivity contribution is 14.1. The average molecular weight is 327 g/mol. The Morgan fingerprint density at radius 2 is 2.09 bits per heavy atom. The standard InChI is InChI=1S/C7H8BrIN2/c1-11(2)6-4-10-3-5(8)7(6)9/h3-4H,1-2H3.